The first-order valence-corrected chi connectivity index (χ1v) is 5.60. The van der Waals surface area contributed by atoms with E-state index in [1.54, 1.807) is 25.3 Å². The summed E-state index contributed by atoms with van der Waals surface area (Å²) in [5.41, 5.74) is 0.614. The fourth-order valence-corrected chi connectivity index (χ4v) is 1.55. The second-order valence-electron chi connectivity index (χ2n) is 3.11. The minimum atomic E-state index is -0.0670. The van der Waals surface area contributed by atoms with Crippen molar-refractivity contribution < 1.29 is 9.53 Å². The van der Waals surface area contributed by atoms with Crippen molar-refractivity contribution in [3.05, 3.63) is 28.2 Å². The van der Waals surface area contributed by atoms with Crippen LogP contribution in [0, 0.1) is 0 Å². The van der Waals surface area contributed by atoms with Gasteiger partial charge in [0, 0.05) is 12.1 Å². The highest BCUT2D eigenvalue weighted by Gasteiger charge is 2.07. The summed E-state index contributed by atoms with van der Waals surface area (Å²) >= 11 is 3.34. The van der Waals surface area contributed by atoms with Gasteiger partial charge in [0.2, 0.25) is 0 Å². The van der Waals surface area contributed by atoms with Crippen molar-refractivity contribution in [2.24, 2.45) is 0 Å². The average molecular weight is 272 g/mol. The summed E-state index contributed by atoms with van der Waals surface area (Å²) in [5, 5.41) is 2.81. The highest BCUT2D eigenvalue weighted by Crippen LogP contribution is 2.25. The summed E-state index contributed by atoms with van der Waals surface area (Å²) in [5.74, 6) is 0.599. The fourth-order valence-electron chi connectivity index (χ4n) is 1.14. The molecule has 0 unspecified atom stereocenters. The number of nitrogens with one attached hydrogen (secondary N) is 1. The van der Waals surface area contributed by atoms with Crippen LogP contribution in [0.3, 0.4) is 0 Å². The molecule has 0 bridgehead atoms. The number of amides is 1. The molecule has 82 valence electrons. The standard InChI is InChI=1S/C11H14BrNO2/c1-3-6-13-11(14)8-4-5-9(12)10(7-8)15-2/h4-5,7H,3,6H2,1-2H3,(H,13,14). The fraction of sp³-hybridized carbons (Fsp3) is 0.364. The lowest BCUT2D eigenvalue weighted by Crippen LogP contribution is -2.23. The molecular weight excluding hydrogens is 258 g/mol. The Morgan fingerprint density at radius 2 is 2.27 bits per heavy atom. The summed E-state index contributed by atoms with van der Waals surface area (Å²) in [6, 6.07) is 5.28. The molecule has 1 N–H and O–H groups in total. The van der Waals surface area contributed by atoms with E-state index >= 15 is 0 Å². The molecule has 0 spiro atoms. The number of benzene rings is 1. The van der Waals surface area contributed by atoms with E-state index in [0.717, 1.165) is 10.9 Å². The second-order valence-corrected chi connectivity index (χ2v) is 3.96. The number of hydrogen-bond donors (Lipinski definition) is 1. The van der Waals surface area contributed by atoms with Gasteiger partial charge in [0.05, 0.1) is 11.6 Å². The third-order valence-corrected chi connectivity index (χ3v) is 2.60. The first kappa shape index (κ1) is 12.0. The van der Waals surface area contributed by atoms with Gasteiger partial charge < -0.3 is 10.1 Å². The number of rotatable bonds is 4. The lowest BCUT2D eigenvalue weighted by atomic mass is 10.2. The van der Waals surface area contributed by atoms with Crippen molar-refractivity contribution in [3.8, 4) is 5.75 Å². The molecule has 0 radical (unpaired) electrons. The van der Waals surface area contributed by atoms with Crippen molar-refractivity contribution in [2.75, 3.05) is 13.7 Å². The van der Waals surface area contributed by atoms with Gasteiger partial charge in [0.15, 0.2) is 0 Å². The number of ether oxygens (including phenoxy) is 1. The predicted molar refractivity (Wildman–Crippen MR) is 63.3 cm³/mol. The quantitative estimate of drug-likeness (QED) is 0.914. The Morgan fingerprint density at radius 3 is 2.87 bits per heavy atom. The molecule has 1 amide bonds. The summed E-state index contributed by atoms with van der Waals surface area (Å²) in [6.07, 6.45) is 0.930. The lowest BCUT2D eigenvalue weighted by molar-refractivity contribution is 0.0953. The van der Waals surface area contributed by atoms with Crippen LogP contribution in [-0.2, 0) is 0 Å². The molecule has 0 saturated heterocycles. The molecule has 0 aliphatic heterocycles. The predicted octanol–water partition coefficient (Wildman–Crippen LogP) is 2.60. The van der Waals surface area contributed by atoms with E-state index in [1.807, 2.05) is 6.92 Å². The van der Waals surface area contributed by atoms with Crippen LogP contribution in [-0.4, -0.2) is 19.6 Å². The van der Waals surface area contributed by atoms with Gasteiger partial charge in [-0.15, -0.1) is 0 Å². The van der Waals surface area contributed by atoms with E-state index in [1.165, 1.54) is 0 Å². The Bertz CT molecular complexity index is 352. The zero-order chi connectivity index (χ0) is 11.3. The maximum absolute atomic E-state index is 11.6. The van der Waals surface area contributed by atoms with Crippen molar-refractivity contribution in [3.63, 3.8) is 0 Å². The van der Waals surface area contributed by atoms with Gasteiger partial charge in [-0.1, -0.05) is 6.92 Å². The van der Waals surface area contributed by atoms with E-state index in [-0.39, 0.29) is 5.91 Å². The van der Waals surface area contributed by atoms with E-state index < -0.39 is 0 Å². The van der Waals surface area contributed by atoms with Gasteiger partial charge in [-0.25, -0.2) is 0 Å². The van der Waals surface area contributed by atoms with Crippen molar-refractivity contribution in [1.82, 2.24) is 5.32 Å². The third kappa shape index (κ3) is 3.23. The molecule has 0 aliphatic carbocycles. The summed E-state index contributed by atoms with van der Waals surface area (Å²) in [6.45, 7) is 2.71. The Kier molecular flexibility index (Phi) is 4.62. The number of methoxy groups -OCH3 is 1. The zero-order valence-corrected chi connectivity index (χ0v) is 10.4. The third-order valence-electron chi connectivity index (χ3n) is 1.95. The summed E-state index contributed by atoms with van der Waals surface area (Å²) < 4.78 is 5.96. The van der Waals surface area contributed by atoms with Crippen molar-refractivity contribution >= 4 is 21.8 Å². The van der Waals surface area contributed by atoms with E-state index in [9.17, 15) is 4.79 Å². The molecule has 0 aromatic heterocycles. The molecule has 1 aromatic carbocycles. The van der Waals surface area contributed by atoms with E-state index in [2.05, 4.69) is 21.2 Å². The van der Waals surface area contributed by atoms with Gasteiger partial charge in [-0.3, -0.25) is 4.79 Å². The number of halogens is 1. The van der Waals surface area contributed by atoms with E-state index in [0.29, 0.717) is 17.9 Å². The number of hydrogen-bond acceptors (Lipinski definition) is 2. The van der Waals surface area contributed by atoms with Crippen LogP contribution in [0.2, 0.25) is 0 Å². The van der Waals surface area contributed by atoms with Gasteiger partial charge in [-0.05, 0) is 40.5 Å². The van der Waals surface area contributed by atoms with Gasteiger partial charge >= 0.3 is 0 Å². The van der Waals surface area contributed by atoms with Gasteiger partial charge in [0.25, 0.3) is 5.91 Å². The smallest absolute Gasteiger partial charge is 0.251 e. The lowest BCUT2D eigenvalue weighted by Gasteiger charge is -2.07. The zero-order valence-electron chi connectivity index (χ0n) is 8.84. The van der Waals surface area contributed by atoms with Crippen LogP contribution >= 0.6 is 15.9 Å². The molecule has 3 nitrogen and oxygen atoms in total. The molecule has 0 heterocycles. The Balaban J connectivity index is 2.81. The highest BCUT2D eigenvalue weighted by atomic mass is 79.9. The molecule has 0 saturated carbocycles. The van der Waals surface area contributed by atoms with Crippen LogP contribution in [0.15, 0.2) is 22.7 Å². The van der Waals surface area contributed by atoms with Crippen LogP contribution in [0.1, 0.15) is 23.7 Å². The molecule has 0 aliphatic rings. The molecule has 0 atom stereocenters. The molecule has 15 heavy (non-hydrogen) atoms. The second kappa shape index (κ2) is 5.75. The molecule has 0 fully saturated rings. The van der Waals surface area contributed by atoms with Crippen LogP contribution in [0.4, 0.5) is 0 Å². The SMILES string of the molecule is CCCNC(=O)c1ccc(Br)c(OC)c1. The normalized spacial score (nSPS) is 9.80. The molecule has 1 aromatic rings. The van der Waals surface area contributed by atoms with Crippen molar-refractivity contribution in [2.45, 2.75) is 13.3 Å². The number of carbonyl (C=O) groups is 1. The summed E-state index contributed by atoms with van der Waals surface area (Å²) in [7, 11) is 1.58. The maximum Gasteiger partial charge on any atom is 0.251 e. The Labute approximate surface area is 97.9 Å². The minimum Gasteiger partial charge on any atom is -0.496 e. The van der Waals surface area contributed by atoms with Crippen molar-refractivity contribution in [1.29, 1.82) is 0 Å². The Morgan fingerprint density at radius 1 is 1.53 bits per heavy atom. The first-order chi connectivity index (χ1) is 7.19. The summed E-state index contributed by atoms with van der Waals surface area (Å²) in [4.78, 5) is 11.6. The number of carbonyl (C=O) groups excluding carboxylic acids is 1. The molecule has 4 heteroatoms. The van der Waals surface area contributed by atoms with E-state index in [4.69, 9.17) is 4.74 Å². The Hall–Kier alpha value is -1.03. The topological polar surface area (TPSA) is 38.3 Å². The van der Waals surface area contributed by atoms with Crippen LogP contribution < -0.4 is 10.1 Å². The van der Waals surface area contributed by atoms with Gasteiger partial charge in [-0.2, -0.15) is 0 Å². The maximum atomic E-state index is 11.6. The molecular formula is C11H14BrNO2. The molecule has 1 rings (SSSR count). The monoisotopic (exact) mass is 271 g/mol. The van der Waals surface area contributed by atoms with Crippen LogP contribution in [0.5, 0.6) is 5.75 Å². The van der Waals surface area contributed by atoms with Gasteiger partial charge in [0.1, 0.15) is 5.75 Å². The highest BCUT2D eigenvalue weighted by molar-refractivity contribution is 9.10. The average Bonchev–Trinajstić information content (AvgIpc) is 2.26. The largest absolute Gasteiger partial charge is 0.496 e. The first-order valence-electron chi connectivity index (χ1n) is 4.80. The van der Waals surface area contributed by atoms with Crippen LogP contribution in [0.25, 0.3) is 0 Å². The minimum absolute atomic E-state index is 0.0670.